The summed E-state index contributed by atoms with van der Waals surface area (Å²) in [6.07, 6.45) is 1.28. The van der Waals surface area contributed by atoms with Gasteiger partial charge in [-0.1, -0.05) is 0 Å². The molecule has 0 saturated carbocycles. The lowest BCUT2D eigenvalue weighted by Gasteiger charge is -2.15. The van der Waals surface area contributed by atoms with Gasteiger partial charge < -0.3 is 15.3 Å². The average molecular weight is 183 g/mol. The minimum absolute atomic E-state index is 0.0487. The van der Waals surface area contributed by atoms with E-state index in [-0.39, 0.29) is 5.76 Å². The standard InChI is InChI=1S/C8H9NO4/c1-8(9,7(11)12)6(10)5-3-2-4-13-5/h2-4H,9H2,1H3,(H,11,12)/t8-/m1/s1. The number of hydrogen-bond acceptors (Lipinski definition) is 4. The maximum Gasteiger partial charge on any atom is 0.331 e. The van der Waals surface area contributed by atoms with Crippen LogP contribution in [0.25, 0.3) is 0 Å². The molecule has 5 nitrogen and oxygen atoms in total. The molecule has 0 fully saturated rings. The van der Waals surface area contributed by atoms with E-state index in [2.05, 4.69) is 0 Å². The van der Waals surface area contributed by atoms with Gasteiger partial charge in [-0.15, -0.1) is 0 Å². The van der Waals surface area contributed by atoms with Gasteiger partial charge in [0.25, 0.3) is 0 Å². The van der Waals surface area contributed by atoms with Crippen LogP contribution < -0.4 is 5.73 Å². The van der Waals surface area contributed by atoms with Gasteiger partial charge in [0.2, 0.25) is 5.78 Å². The monoisotopic (exact) mass is 183 g/mol. The van der Waals surface area contributed by atoms with Crippen LogP contribution in [0.15, 0.2) is 22.8 Å². The largest absolute Gasteiger partial charge is 0.480 e. The summed E-state index contributed by atoms with van der Waals surface area (Å²) in [5, 5.41) is 8.62. The molecule has 0 unspecified atom stereocenters. The van der Waals surface area contributed by atoms with Crippen molar-refractivity contribution in [2.24, 2.45) is 5.73 Å². The smallest absolute Gasteiger partial charge is 0.331 e. The van der Waals surface area contributed by atoms with E-state index in [9.17, 15) is 9.59 Å². The Bertz CT molecular complexity index is 326. The lowest BCUT2D eigenvalue weighted by Crippen LogP contribution is -2.52. The molecule has 1 aromatic rings. The van der Waals surface area contributed by atoms with Gasteiger partial charge in [-0.05, 0) is 19.1 Å². The number of nitrogens with two attached hydrogens (primary N) is 1. The second-order valence-electron chi connectivity index (χ2n) is 2.81. The molecule has 1 atom stereocenters. The zero-order valence-corrected chi connectivity index (χ0v) is 6.98. The lowest BCUT2D eigenvalue weighted by molar-refractivity contribution is -0.140. The molecule has 0 aliphatic carbocycles. The van der Waals surface area contributed by atoms with E-state index in [1.807, 2.05) is 0 Å². The normalized spacial score (nSPS) is 14.9. The van der Waals surface area contributed by atoms with Crippen molar-refractivity contribution in [1.29, 1.82) is 0 Å². The van der Waals surface area contributed by atoms with Crippen LogP contribution in [0.1, 0.15) is 17.5 Å². The van der Waals surface area contributed by atoms with Crippen LogP contribution in [-0.4, -0.2) is 22.4 Å². The first-order valence-corrected chi connectivity index (χ1v) is 3.57. The molecule has 5 heteroatoms. The molecule has 1 heterocycles. The number of ketones is 1. The van der Waals surface area contributed by atoms with E-state index in [4.69, 9.17) is 15.3 Å². The highest BCUT2D eigenvalue weighted by Gasteiger charge is 2.38. The summed E-state index contributed by atoms with van der Waals surface area (Å²) >= 11 is 0. The first-order valence-electron chi connectivity index (χ1n) is 3.57. The quantitative estimate of drug-likeness (QED) is 0.518. The Morgan fingerprint density at radius 1 is 1.62 bits per heavy atom. The van der Waals surface area contributed by atoms with Gasteiger partial charge in [-0.25, -0.2) is 4.79 Å². The van der Waals surface area contributed by atoms with E-state index >= 15 is 0 Å². The molecule has 0 radical (unpaired) electrons. The Balaban J connectivity index is 2.98. The predicted octanol–water partition coefficient (Wildman–Crippen LogP) is 0.264. The van der Waals surface area contributed by atoms with Gasteiger partial charge in [0.1, 0.15) is 0 Å². The molecule has 1 aromatic heterocycles. The molecular formula is C8H9NO4. The molecule has 0 aromatic carbocycles. The fraction of sp³-hybridized carbons (Fsp3) is 0.250. The third kappa shape index (κ3) is 1.59. The topological polar surface area (TPSA) is 93.5 Å². The molecular weight excluding hydrogens is 174 g/mol. The van der Waals surface area contributed by atoms with Crippen molar-refractivity contribution >= 4 is 11.8 Å². The third-order valence-electron chi connectivity index (χ3n) is 1.66. The number of hydrogen-bond donors (Lipinski definition) is 2. The SMILES string of the molecule is C[C@](N)(C(=O)O)C(=O)c1ccco1. The van der Waals surface area contributed by atoms with E-state index in [0.717, 1.165) is 6.92 Å². The molecule has 0 aliphatic rings. The van der Waals surface area contributed by atoms with Crippen molar-refractivity contribution in [3.05, 3.63) is 24.2 Å². The molecule has 0 amide bonds. The number of carboxylic acid groups (broad SMARTS) is 1. The number of aliphatic carboxylic acids is 1. The maximum absolute atomic E-state index is 11.4. The summed E-state index contributed by atoms with van der Waals surface area (Å²) in [7, 11) is 0. The van der Waals surface area contributed by atoms with Crippen LogP contribution in [0.3, 0.4) is 0 Å². The van der Waals surface area contributed by atoms with Crippen molar-refractivity contribution in [3.63, 3.8) is 0 Å². The number of furan rings is 1. The molecule has 0 spiro atoms. The summed E-state index contributed by atoms with van der Waals surface area (Å²) in [4.78, 5) is 21.9. The molecule has 70 valence electrons. The Kier molecular flexibility index (Phi) is 2.20. The fourth-order valence-corrected chi connectivity index (χ4v) is 0.761. The van der Waals surface area contributed by atoms with Gasteiger partial charge in [-0.2, -0.15) is 0 Å². The summed E-state index contributed by atoms with van der Waals surface area (Å²) < 4.78 is 4.74. The maximum atomic E-state index is 11.4. The number of carbonyl (C=O) groups excluding carboxylic acids is 1. The Morgan fingerprint density at radius 3 is 2.62 bits per heavy atom. The van der Waals surface area contributed by atoms with Crippen LogP contribution in [-0.2, 0) is 4.79 Å². The van der Waals surface area contributed by atoms with Crippen LogP contribution in [0.4, 0.5) is 0 Å². The Hall–Kier alpha value is -1.62. The van der Waals surface area contributed by atoms with E-state index in [0.29, 0.717) is 0 Å². The predicted molar refractivity (Wildman–Crippen MR) is 43.3 cm³/mol. The second kappa shape index (κ2) is 3.02. The Morgan fingerprint density at radius 2 is 2.23 bits per heavy atom. The van der Waals surface area contributed by atoms with E-state index in [1.54, 1.807) is 0 Å². The van der Waals surface area contributed by atoms with Crippen LogP contribution >= 0.6 is 0 Å². The van der Waals surface area contributed by atoms with Crippen LogP contribution in [0, 0.1) is 0 Å². The summed E-state index contributed by atoms with van der Waals surface area (Å²) in [5.74, 6) is -2.17. The minimum Gasteiger partial charge on any atom is -0.480 e. The number of carboxylic acids is 1. The molecule has 3 N–H and O–H groups in total. The number of carbonyl (C=O) groups is 2. The summed E-state index contributed by atoms with van der Waals surface area (Å²) in [6.45, 7) is 1.13. The summed E-state index contributed by atoms with van der Waals surface area (Å²) in [6, 6.07) is 2.86. The highest BCUT2D eigenvalue weighted by atomic mass is 16.4. The van der Waals surface area contributed by atoms with Crippen molar-refractivity contribution in [1.82, 2.24) is 0 Å². The van der Waals surface area contributed by atoms with E-state index in [1.165, 1.54) is 18.4 Å². The molecule has 13 heavy (non-hydrogen) atoms. The molecule has 0 aliphatic heterocycles. The first kappa shape index (κ1) is 9.47. The summed E-state index contributed by atoms with van der Waals surface area (Å²) in [5.41, 5.74) is 3.35. The first-order chi connectivity index (χ1) is 5.96. The van der Waals surface area contributed by atoms with Crippen molar-refractivity contribution in [3.8, 4) is 0 Å². The Labute approximate surface area is 74.1 Å². The van der Waals surface area contributed by atoms with Gasteiger partial charge in [0, 0.05) is 0 Å². The highest BCUT2D eigenvalue weighted by Crippen LogP contribution is 2.11. The van der Waals surface area contributed by atoms with Gasteiger partial charge in [0.15, 0.2) is 11.3 Å². The van der Waals surface area contributed by atoms with Gasteiger partial charge >= 0.3 is 5.97 Å². The van der Waals surface area contributed by atoms with Crippen LogP contribution in [0.5, 0.6) is 0 Å². The third-order valence-corrected chi connectivity index (χ3v) is 1.66. The van der Waals surface area contributed by atoms with Crippen LogP contribution in [0.2, 0.25) is 0 Å². The highest BCUT2D eigenvalue weighted by molar-refractivity contribution is 6.14. The fourth-order valence-electron chi connectivity index (χ4n) is 0.761. The van der Waals surface area contributed by atoms with Gasteiger partial charge in [0.05, 0.1) is 6.26 Å². The number of rotatable bonds is 3. The minimum atomic E-state index is -1.93. The number of Topliss-reactive ketones (excluding diaryl/α,β-unsaturated/α-hetero) is 1. The zero-order valence-electron chi connectivity index (χ0n) is 6.98. The van der Waals surface area contributed by atoms with Crippen molar-refractivity contribution in [2.75, 3.05) is 0 Å². The van der Waals surface area contributed by atoms with E-state index < -0.39 is 17.3 Å². The second-order valence-corrected chi connectivity index (χ2v) is 2.81. The average Bonchev–Trinajstić information content (AvgIpc) is 2.54. The molecule has 0 bridgehead atoms. The zero-order chi connectivity index (χ0) is 10.1. The van der Waals surface area contributed by atoms with Gasteiger partial charge in [-0.3, -0.25) is 4.79 Å². The van der Waals surface area contributed by atoms with Crippen molar-refractivity contribution < 1.29 is 19.1 Å². The van der Waals surface area contributed by atoms with Crippen molar-refractivity contribution in [2.45, 2.75) is 12.5 Å². The lowest BCUT2D eigenvalue weighted by atomic mass is 9.96. The molecule has 0 saturated heterocycles. The molecule has 1 rings (SSSR count).